The van der Waals surface area contributed by atoms with Gasteiger partial charge in [0.15, 0.2) is 17.6 Å². The first-order valence-electron chi connectivity index (χ1n) is 8.26. The summed E-state index contributed by atoms with van der Waals surface area (Å²) in [5, 5.41) is 0. The Kier molecular flexibility index (Phi) is 7.29. The van der Waals surface area contributed by atoms with Crippen LogP contribution in [0.15, 0.2) is 48.5 Å². The fraction of sp³-hybridized carbons (Fsp3) is 0.350. The third-order valence-corrected chi connectivity index (χ3v) is 3.58. The number of carbonyl (C=O) groups is 1. The maximum absolute atomic E-state index is 12.1. The van der Waals surface area contributed by atoms with Crippen molar-refractivity contribution < 1.29 is 23.7 Å². The van der Waals surface area contributed by atoms with Crippen molar-refractivity contribution in [3.63, 3.8) is 0 Å². The van der Waals surface area contributed by atoms with Crippen molar-refractivity contribution in [3.8, 4) is 11.5 Å². The molecule has 25 heavy (non-hydrogen) atoms. The van der Waals surface area contributed by atoms with E-state index < -0.39 is 12.1 Å². The molecule has 0 saturated heterocycles. The molecule has 134 valence electrons. The van der Waals surface area contributed by atoms with Crippen LogP contribution in [0, 0.1) is 0 Å². The van der Waals surface area contributed by atoms with Crippen LogP contribution >= 0.6 is 0 Å². The van der Waals surface area contributed by atoms with Crippen LogP contribution < -0.4 is 9.47 Å². The number of esters is 1. The van der Waals surface area contributed by atoms with Crippen LogP contribution in [-0.2, 0) is 27.5 Å². The molecule has 0 saturated carbocycles. The van der Waals surface area contributed by atoms with Crippen molar-refractivity contribution in [2.24, 2.45) is 0 Å². The molecule has 0 radical (unpaired) electrons. The van der Waals surface area contributed by atoms with Crippen LogP contribution in [0.4, 0.5) is 0 Å². The summed E-state index contributed by atoms with van der Waals surface area (Å²) in [5.74, 6) is 0.882. The standard InChI is InChI=1S/C20H24O5/c1-4-23-18-11-10-17(12-19(18)22-3)14-25-20(21)15(2)24-13-16-8-6-5-7-9-16/h5-12,15H,4,13-14H2,1-3H3. The highest BCUT2D eigenvalue weighted by Gasteiger charge is 2.16. The molecular weight excluding hydrogens is 320 g/mol. The molecule has 5 nitrogen and oxygen atoms in total. The molecule has 0 aliphatic carbocycles. The van der Waals surface area contributed by atoms with Gasteiger partial charge < -0.3 is 18.9 Å². The summed E-state index contributed by atoms with van der Waals surface area (Å²) < 4.78 is 21.6. The zero-order chi connectivity index (χ0) is 18.1. The van der Waals surface area contributed by atoms with Crippen molar-refractivity contribution >= 4 is 5.97 Å². The zero-order valence-electron chi connectivity index (χ0n) is 14.9. The van der Waals surface area contributed by atoms with Crippen molar-refractivity contribution in [1.82, 2.24) is 0 Å². The summed E-state index contributed by atoms with van der Waals surface area (Å²) in [4.78, 5) is 12.1. The zero-order valence-corrected chi connectivity index (χ0v) is 14.9. The lowest BCUT2D eigenvalue weighted by Crippen LogP contribution is -2.23. The van der Waals surface area contributed by atoms with Gasteiger partial charge in [-0.3, -0.25) is 0 Å². The Morgan fingerprint density at radius 3 is 2.44 bits per heavy atom. The van der Waals surface area contributed by atoms with Gasteiger partial charge in [0.05, 0.1) is 20.3 Å². The van der Waals surface area contributed by atoms with E-state index in [1.165, 1.54) is 0 Å². The molecule has 0 spiro atoms. The third kappa shape index (κ3) is 5.80. The maximum atomic E-state index is 12.1. The number of rotatable bonds is 9. The highest BCUT2D eigenvalue weighted by Crippen LogP contribution is 2.28. The highest BCUT2D eigenvalue weighted by molar-refractivity contribution is 5.74. The van der Waals surface area contributed by atoms with Gasteiger partial charge in [-0.05, 0) is 37.1 Å². The molecule has 2 rings (SSSR count). The number of hydrogen-bond acceptors (Lipinski definition) is 5. The topological polar surface area (TPSA) is 54.0 Å². The first-order chi connectivity index (χ1) is 12.1. The quantitative estimate of drug-likeness (QED) is 0.649. The van der Waals surface area contributed by atoms with Crippen molar-refractivity contribution in [1.29, 1.82) is 0 Å². The van der Waals surface area contributed by atoms with Gasteiger partial charge in [-0.25, -0.2) is 4.79 Å². The van der Waals surface area contributed by atoms with E-state index in [2.05, 4.69) is 0 Å². The molecule has 0 N–H and O–H groups in total. The molecule has 0 aliphatic heterocycles. The summed E-state index contributed by atoms with van der Waals surface area (Å²) in [6.45, 7) is 4.67. The van der Waals surface area contributed by atoms with E-state index in [4.69, 9.17) is 18.9 Å². The maximum Gasteiger partial charge on any atom is 0.335 e. The predicted octanol–water partition coefficient (Wildman–Crippen LogP) is 3.74. The van der Waals surface area contributed by atoms with Crippen LogP contribution in [0.1, 0.15) is 25.0 Å². The lowest BCUT2D eigenvalue weighted by Gasteiger charge is -2.14. The van der Waals surface area contributed by atoms with Gasteiger partial charge in [-0.1, -0.05) is 36.4 Å². The predicted molar refractivity (Wildman–Crippen MR) is 94.7 cm³/mol. The van der Waals surface area contributed by atoms with E-state index >= 15 is 0 Å². The average Bonchev–Trinajstić information content (AvgIpc) is 2.66. The van der Waals surface area contributed by atoms with Crippen LogP contribution in [0.3, 0.4) is 0 Å². The first kappa shape index (κ1) is 18.8. The van der Waals surface area contributed by atoms with Crippen LogP contribution in [0.25, 0.3) is 0 Å². The van der Waals surface area contributed by atoms with E-state index in [-0.39, 0.29) is 6.61 Å². The van der Waals surface area contributed by atoms with Gasteiger partial charge in [0.1, 0.15) is 6.61 Å². The summed E-state index contributed by atoms with van der Waals surface area (Å²) in [6.07, 6.45) is -0.634. The normalized spacial score (nSPS) is 11.6. The molecule has 1 atom stereocenters. The Balaban J connectivity index is 1.84. The molecule has 2 aromatic carbocycles. The molecule has 0 heterocycles. The number of methoxy groups -OCH3 is 1. The molecule has 2 aromatic rings. The van der Waals surface area contributed by atoms with E-state index in [0.29, 0.717) is 24.7 Å². The molecule has 0 aliphatic rings. The third-order valence-electron chi connectivity index (χ3n) is 3.58. The SMILES string of the molecule is CCOc1ccc(COC(=O)C(C)OCc2ccccc2)cc1OC. The second kappa shape index (κ2) is 9.69. The van der Waals surface area contributed by atoms with Gasteiger partial charge in [0.25, 0.3) is 0 Å². The van der Waals surface area contributed by atoms with Gasteiger partial charge in [-0.2, -0.15) is 0 Å². The van der Waals surface area contributed by atoms with Crippen molar-refractivity contribution in [2.75, 3.05) is 13.7 Å². The minimum absolute atomic E-state index is 0.153. The summed E-state index contributed by atoms with van der Waals surface area (Å²) in [7, 11) is 1.58. The molecule has 0 bridgehead atoms. The van der Waals surface area contributed by atoms with Gasteiger partial charge in [0, 0.05) is 0 Å². The Labute approximate surface area is 148 Å². The first-order valence-corrected chi connectivity index (χ1v) is 8.26. The van der Waals surface area contributed by atoms with E-state index in [1.54, 1.807) is 26.2 Å². The number of ether oxygens (including phenoxy) is 4. The second-order valence-corrected chi connectivity index (χ2v) is 5.46. The van der Waals surface area contributed by atoms with Crippen molar-refractivity contribution in [3.05, 3.63) is 59.7 Å². The number of hydrogen-bond donors (Lipinski definition) is 0. The van der Waals surface area contributed by atoms with Crippen LogP contribution in [-0.4, -0.2) is 25.8 Å². The summed E-state index contributed by atoms with van der Waals surface area (Å²) in [6, 6.07) is 15.1. The average molecular weight is 344 g/mol. The highest BCUT2D eigenvalue weighted by atomic mass is 16.6. The molecule has 0 aromatic heterocycles. The minimum Gasteiger partial charge on any atom is -0.493 e. The summed E-state index contributed by atoms with van der Waals surface area (Å²) >= 11 is 0. The Morgan fingerprint density at radius 2 is 1.76 bits per heavy atom. The van der Waals surface area contributed by atoms with E-state index in [9.17, 15) is 4.79 Å². The Bertz CT molecular complexity index is 669. The van der Waals surface area contributed by atoms with E-state index in [0.717, 1.165) is 11.1 Å². The number of carbonyl (C=O) groups excluding carboxylic acids is 1. The molecule has 0 amide bonds. The fourth-order valence-corrected chi connectivity index (χ4v) is 2.21. The molecule has 1 unspecified atom stereocenters. The molecular formula is C20H24O5. The molecule has 5 heteroatoms. The van der Waals surface area contributed by atoms with Gasteiger partial charge in [0.2, 0.25) is 0 Å². The van der Waals surface area contributed by atoms with Crippen LogP contribution in [0.2, 0.25) is 0 Å². The minimum atomic E-state index is -0.634. The van der Waals surface area contributed by atoms with Gasteiger partial charge in [-0.15, -0.1) is 0 Å². The van der Waals surface area contributed by atoms with Crippen molar-refractivity contribution in [2.45, 2.75) is 33.2 Å². The smallest absolute Gasteiger partial charge is 0.335 e. The lowest BCUT2D eigenvalue weighted by molar-refractivity contribution is -0.158. The monoisotopic (exact) mass is 344 g/mol. The lowest BCUT2D eigenvalue weighted by atomic mass is 10.2. The second-order valence-electron chi connectivity index (χ2n) is 5.46. The fourth-order valence-electron chi connectivity index (χ4n) is 2.21. The Morgan fingerprint density at radius 1 is 1.00 bits per heavy atom. The number of benzene rings is 2. The van der Waals surface area contributed by atoms with E-state index in [1.807, 2.05) is 43.3 Å². The Hall–Kier alpha value is -2.53. The summed E-state index contributed by atoms with van der Waals surface area (Å²) in [5.41, 5.74) is 1.84. The molecule has 0 fully saturated rings. The van der Waals surface area contributed by atoms with Gasteiger partial charge >= 0.3 is 5.97 Å². The van der Waals surface area contributed by atoms with Crippen LogP contribution in [0.5, 0.6) is 11.5 Å². The largest absolute Gasteiger partial charge is 0.493 e.